The average molecular weight is 343 g/mol. The van der Waals surface area contributed by atoms with Crippen molar-refractivity contribution in [2.75, 3.05) is 33.2 Å². The molecule has 3 aliphatic rings. The van der Waals surface area contributed by atoms with Gasteiger partial charge >= 0.3 is 6.03 Å². The third-order valence-electron chi connectivity index (χ3n) is 7.22. The Morgan fingerprint density at radius 1 is 1.40 bits per heavy atom. The van der Waals surface area contributed by atoms with Crippen molar-refractivity contribution in [1.82, 2.24) is 14.7 Å². The molecule has 3 atom stereocenters. The van der Waals surface area contributed by atoms with E-state index in [1.54, 1.807) is 0 Å². The number of nitrogens with one attached hydrogen (secondary N) is 1. The first-order valence-electron chi connectivity index (χ1n) is 9.74. The van der Waals surface area contributed by atoms with Crippen molar-refractivity contribution in [1.29, 1.82) is 0 Å². The number of likely N-dealkylation sites (N-methyl/N-ethyl adjacent to an activating group) is 2. The molecule has 1 saturated heterocycles. The summed E-state index contributed by atoms with van der Waals surface area (Å²) in [4.78, 5) is 14.5. The summed E-state index contributed by atoms with van der Waals surface area (Å²) < 4.78 is 0.937. The molecule has 2 amide bonds. The molecule has 2 aliphatic heterocycles. The van der Waals surface area contributed by atoms with Crippen molar-refractivity contribution < 1.29 is 4.79 Å². The molecule has 5 nitrogen and oxygen atoms in total. The number of primary amides is 1. The summed E-state index contributed by atoms with van der Waals surface area (Å²) in [5, 5.41) is 3.23. The molecule has 1 aliphatic carbocycles. The van der Waals surface area contributed by atoms with Gasteiger partial charge in [-0.15, -0.1) is 0 Å². The van der Waals surface area contributed by atoms with Gasteiger partial charge in [0.05, 0.1) is 13.1 Å². The molecular formula is C20H31N4O+. The van der Waals surface area contributed by atoms with Crippen LogP contribution in [0.15, 0.2) is 18.2 Å². The van der Waals surface area contributed by atoms with Crippen LogP contribution in [0.3, 0.4) is 0 Å². The van der Waals surface area contributed by atoms with E-state index in [1.807, 2.05) is 0 Å². The molecule has 1 aromatic carbocycles. The highest BCUT2D eigenvalue weighted by atomic mass is 16.2. The number of hydrogen-bond acceptors (Lipinski definition) is 2. The molecule has 0 aromatic heterocycles. The van der Waals surface area contributed by atoms with E-state index in [9.17, 15) is 4.79 Å². The average Bonchev–Trinajstić information content (AvgIpc) is 2.87. The molecule has 25 heavy (non-hydrogen) atoms. The fraction of sp³-hybridized carbons (Fsp3) is 0.650. The smallest absolute Gasteiger partial charge is 0.313 e. The summed E-state index contributed by atoms with van der Waals surface area (Å²) in [5.41, 5.74) is 9.59. The lowest BCUT2D eigenvalue weighted by Crippen LogP contribution is -2.61. The molecule has 3 N–H and O–H groups in total. The van der Waals surface area contributed by atoms with Crippen LogP contribution in [0, 0.1) is 0 Å². The van der Waals surface area contributed by atoms with Gasteiger partial charge in [0.2, 0.25) is 0 Å². The second-order valence-electron chi connectivity index (χ2n) is 8.25. The Morgan fingerprint density at radius 3 is 2.84 bits per heavy atom. The number of rotatable bonds is 3. The topological polar surface area (TPSA) is 58.4 Å². The Morgan fingerprint density at radius 2 is 2.16 bits per heavy atom. The van der Waals surface area contributed by atoms with E-state index in [4.69, 9.17) is 5.73 Å². The first kappa shape index (κ1) is 16.9. The second-order valence-corrected chi connectivity index (χ2v) is 8.25. The first-order valence-corrected chi connectivity index (χ1v) is 9.74. The van der Waals surface area contributed by atoms with Crippen molar-refractivity contribution in [3.63, 3.8) is 0 Å². The maximum atomic E-state index is 12.0. The van der Waals surface area contributed by atoms with Gasteiger partial charge in [0, 0.05) is 17.5 Å². The largest absolute Gasteiger partial charge is 0.352 e. The van der Waals surface area contributed by atoms with Gasteiger partial charge in [0.15, 0.2) is 0 Å². The van der Waals surface area contributed by atoms with Crippen molar-refractivity contribution in [2.24, 2.45) is 5.73 Å². The Balaban J connectivity index is 1.94. The second kappa shape index (κ2) is 5.71. The maximum absolute atomic E-state index is 12.0. The lowest BCUT2D eigenvalue weighted by Gasteiger charge is -2.48. The number of carbonyl (C=O) groups excluding carboxylic acids is 1. The van der Waals surface area contributed by atoms with Crippen molar-refractivity contribution in [3.8, 4) is 0 Å². The van der Waals surface area contributed by atoms with Crippen LogP contribution in [0.1, 0.15) is 50.2 Å². The molecule has 4 rings (SSSR count). The van der Waals surface area contributed by atoms with Crippen LogP contribution in [0.25, 0.3) is 0 Å². The molecule has 2 unspecified atom stereocenters. The van der Waals surface area contributed by atoms with Gasteiger partial charge in [-0.1, -0.05) is 12.1 Å². The monoisotopic (exact) mass is 343 g/mol. The zero-order valence-electron chi connectivity index (χ0n) is 15.7. The van der Waals surface area contributed by atoms with E-state index >= 15 is 0 Å². The van der Waals surface area contributed by atoms with Crippen LogP contribution in [0.4, 0.5) is 10.5 Å². The number of likely N-dealkylation sites (tertiary alicyclic amines) is 1. The van der Waals surface area contributed by atoms with Gasteiger partial charge in [-0.25, -0.2) is 4.79 Å². The number of benzene rings is 1. The van der Waals surface area contributed by atoms with Crippen LogP contribution in [0.2, 0.25) is 0 Å². The molecule has 1 aromatic rings. The zero-order valence-corrected chi connectivity index (χ0v) is 15.7. The van der Waals surface area contributed by atoms with Crippen LogP contribution < -0.4 is 15.5 Å². The Hall–Kier alpha value is -1.59. The summed E-state index contributed by atoms with van der Waals surface area (Å²) in [6.45, 7) is 8.67. The van der Waals surface area contributed by atoms with Crippen LogP contribution in [0.5, 0.6) is 0 Å². The quantitative estimate of drug-likeness (QED) is 0.829. The van der Waals surface area contributed by atoms with Gasteiger partial charge in [-0.2, -0.15) is 0 Å². The standard InChI is InChI=1S/C20H30N4O/c1-4-24(5-2)13-20(22-19(21)25)12-16-14(9-7-11-23(16)3)15-8-6-10-17(24)18(15)20/h6,8,10,14,16H,4-5,7,9,11-13H2,1-3H3,(H2-,21,22,25)/p+1/t14?,16-,20?/m1/s1. The number of nitrogens with zero attached hydrogens (tertiary/aromatic N) is 2. The van der Waals surface area contributed by atoms with E-state index in [-0.39, 0.29) is 5.54 Å². The minimum atomic E-state index is -0.398. The predicted octanol–water partition coefficient (Wildman–Crippen LogP) is 2.49. The van der Waals surface area contributed by atoms with Crippen LogP contribution in [-0.4, -0.2) is 50.2 Å². The molecule has 136 valence electrons. The molecule has 2 heterocycles. The summed E-state index contributed by atoms with van der Waals surface area (Å²) in [7, 11) is 2.24. The van der Waals surface area contributed by atoms with Gasteiger partial charge in [0.1, 0.15) is 17.8 Å². The van der Waals surface area contributed by atoms with Crippen molar-refractivity contribution in [3.05, 3.63) is 29.3 Å². The van der Waals surface area contributed by atoms with Crippen molar-refractivity contribution >= 4 is 11.7 Å². The molecule has 0 saturated carbocycles. The third-order valence-corrected chi connectivity index (χ3v) is 7.22. The number of piperidine rings is 1. The predicted molar refractivity (Wildman–Crippen MR) is 102 cm³/mol. The van der Waals surface area contributed by atoms with E-state index in [1.165, 1.54) is 29.7 Å². The lowest BCUT2D eigenvalue weighted by molar-refractivity contribution is 0.0944. The lowest BCUT2D eigenvalue weighted by atomic mass is 9.67. The third kappa shape index (κ3) is 2.25. The van der Waals surface area contributed by atoms with Crippen LogP contribution in [-0.2, 0) is 5.54 Å². The molecule has 0 radical (unpaired) electrons. The number of hydrogen-bond donors (Lipinski definition) is 2. The number of fused-ring (bicyclic) bond motifs is 2. The zero-order chi connectivity index (χ0) is 17.8. The van der Waals surface area contributed by atoms with E-state index in [2.05, 4.69) is 49.3 Å². The Kier molecular flexibility index (Phi) is 3.85. The highest BCUT2D eigenvalue weighted by molar-refractivity contribution is 5.76. The number of urea groups is 1. The highest BCUT2D eigenvalue weighted by Crippen LogP contribution is 2.55. The van der Waals surface area contributed by atoms with E-state index in [0.29, 0.717) is 12.0 Å². The fourth-order valence-electron chi connectivity index (χ4n) is 6.05. The fourth-order valence-corrected chi connectivity index (χ4v) is 6.05. The Labute approximate surface area is 150 Å². The minimum Gasteiger partial charge on any atom is -0.352 e. The van der Waals surface area contributed by atoms with Gasteiger partial charge in [-0.3, -0.25) is 4.48 Å². The molecule has 1 fully saturated rings. The molecular weight excluding hydrogens is 312 g/mol. The van der Waals surface area contributed by atoms with Gasteiger partial charge < -0.3 is 16.0 Å². The number of quaternary nitrogens is 1. The molecule has 0 spiro atoms. The number of amides is 2. The molecule has 5 heteroatoms. The summed E-state index contributed by atoms with van der Waals surface area (Å²) >= 11 is 0. The van der Waals surface area contributed by atoms with Crippen molar-refractivity contribution in [2.45, 2.75) is 50.6 Å². The summed E-state index contributed by atoms with van der Waals surface area (Å²) in [6, 6.07) is 6.90. The Bertz CT molecular complexity index is 699. The first-order chi connectivity index (χ1) is 12.0. The van der Waals surface area contributed by atoms with Gasteiger partial charge in [0.25, 0.3) is 0 Å². The summed E-state index contributed by atoms with van der Waals surface area (Å²) in [6.07, 6.45) is 3.47. The normalized spacial score (nSPS) is 32.8. The maximum Gasteiger partial charge on any atom is 0.313 e. The number of carbonyl (C=O) groups is 1. The summed E-state index contributed by atoms with van der Waals surface area (Å²) in [5.74, 6) is 0.574. The number of nitrogens with two attached hydrogens (primary N) is 1. The minimum absolute atomic E-state index is 0.323. The van der Waals surface area contributed by atoms with E-state index in [0.717, 1.165) is 37.1 Å². The van der Waals surface area contributed by atoms with E-state index < -0.39 is 6.03 Å². The van der Waals surface area contributed by atoms with Crippen LogP contribution >= 0.6 is 0 Å². The highest BCUT2D eigenvalue weighted by Gasteiger charge is 2.59. The molecule has 0 bridgehead atoms. The van der Waals surface area contributed by atoms with Gasteiger partial charge in [-0.05, 0) is 58.3 Å². The SMILES string of the molecule is CC[N+]1(CC)CC2(NC(N)=O)C[C@@H]3C(CCCN3C)c3cccc1c32.